The summed E-state index contributed by atoms with van der Waals surface area (Å²) in [5.41, 5.74) is 0.739. The molecule has 0 atom stereocenters. The second-order valence-electron chi connectivity index (χ2n) is 2.25. The van der Waals surface area contributed by atoms with Crippen LogP contribution in [-0.2, 0) is 0 Å². The van der Waals surface area contributed by atoms with Gasteiger partial charge in [0.1, 0.15) is 5.69 Å². The molecule has 0 spiro atoms. The van der Waals surface area contributed by atoms with Crippen molar-refractivity contribution >= 4 is 12.0 Å². The molecule has 0 radical (unpaired) electrons. The first-order valence-corrected chi connectivity index (χ1v) is 3.57. The van der Waals surface area contributed by atoms with E-state index in [4.69, 9.17) is 5.11 Å². The Morgan fingerprint density at radius 3 is 2.92 bits per heavy atom. The highest BCUT2D eigenvalue weighted by Crippen LogP contribution is 2.01. The number of aromatic nitrogens is 1. The first-order chi connectivity index (χ1) is 5.74. The van der Waals surface area contributed by atoms with Crippen LogP contribution in [0.15, 0.2) is 24.3 Å². The van der Waals surface area contributed by atoms with Crippen LogP contribution >= 0.6 is 0 Å². The van der Waals surface area contributed by atoms with E-state index in [-0.39, 0.29) is 5.69 Å². The van der Waals surface area contributed by atoms with Crippen LogP contribution < -0.4 is 0 Å². The maximum Gasteiger partial charge on any atom is 0.354 e. The highest BCUT2D eigenvalue weighted by atomic mass is 16.4. The quantitative estimate of drug-likeness (QED) is 0.723. The zero-order chi connectivity index (χ0) is 8.97. The molecule has 0 unspecified atom stereocenters. The Morgan fingerprint density at radius 2 is 2.33 bits per heavy atom. The number of carbonyl (C=O) groups is 1. The lowest BCUT2D eigenvalue weighted by Crippen LogP contribution is -2.00. The van der Waals surface area contributed by atoms with Crippen molar-refractivity contribution in [3.63, 3.8) is 0 Å². The fourth-order valence-electron chi connectivity index (χ4n) is 0.834. The van der Waals surface area contributed by atoms with E-state index < -0.39 is 5.97 Å². The molecule has 0 saturated carbocycles. The molecule has 1 rings (SSSR count). The molecule has 1 heterocycles. The molecular weight excluding hydrogens is 154 g/mol. The zero-order valence-electron chi connectivity index (χ0n) is 6.69. The number of hydrogen-bond donors (Lipinski definition) is 1. The number of aromatic carboxylic acids is 1. The highest BCUT2D eigenvalue weighted by Gasteiger charge is 2.02. The Labute approximate surface area is 70.4 Å². The Kier molecular flexibility index (Phi) is 2.58. The third-order valence-electron chi connectivity index (χ3n) is 1.33. The summed E-state index contributed by atoms with van der Waals surface area (Å²) < 4.78 is 0. The highest BCUT2D eigenvalue weighted by molar-refractivity contribution is 5.85. The number of rotatable bonds is 2. The monoisotopic (exact) mass is 163 g/mol. The molecule has 0 aliphatic carbocycles. The fourth-order valence-corrected chi connectivity index (χ4v) is 0.834. The van der Waals surface area contributed by atoms with Crippen molar-refractivity contribution < 1.29 is 9.90 Å². The summed E-state index contributed by atoms with van der Waals surface area (Å²) in [5, 5.41) is 8.59. The summed E-state index contributed by atoms with van der Waals surface area (Å²) in [5.74, 6) is -0.999. The van der Waals surface area contributed by atoms with Gasteiger partial charge in [0.05, 0.1) is 5.69 Å². The van der Waals surface area contributed by atoms with Crippen LogP contribution in [-0.4, -0.2) is 16.1 Å². The van der Waals surface area contributed by atoms with Crippen LogP contribution in [0.1, 0.15) is 23.1 Å². The second kappa shape index (κ2) is 3.67. The van der Waals surface area contributed by atoms with Gasteiger partial charge in [-0.15, -0.1) is 0 Å². The van der Waals surface area contributed by atoms with E-state index in [1.165, 1.54) is 6.07 Å². The maximum atomic E-state index is 10.5. The minimum Gasteiger partial charge on any atom is -0.477 e. The zero-order valence-corrected chi connectivity index (χ0v) is 6.69. The molecular formula is C9H9NO2. The molecule has 0 aliphatic rings. The van der Waals surface area contributed by atoms with Crippen LogP contribution in [0, 0.1) is 0 Å². The van der Waals surface area contributed by atoms with Gasteiger partial charge in [-0.3, -0.25) is 0 Å². The number of pyridine rings is 1. The van der Waals surface area contributed by atoms with Gasteiger partial charge in [-0.05, 0) is 25.1 Å². The molecule has 1 aromatic rings. The molecule has 0 fully saturated rings. The van der Waals surface area contributed by atoms with Crippen molar-refractivity contribution in [2.24, 2.45) is 0 Å². The normalized spacial score (nSPS) is 10.4. The molecule has 0 bridgehead atoms. The SMILES string of the molecule is CC=Cc1cccc(C(=O)O)n1. The Bertz CT molecular complexity index is 318. The van der Waals surface area contributed by atoms with Gasteiger partial charge < -0.3 is 5.11 Å². The van der Waals surface area contributed by atoms with E-state index in [2.05, 4.69) is 4.98 Å². The van der Waals surface area contributed by atoms with E-state index in [0.29, 0.717) is 5.69 Å². The second-order valence-corrected chi connectivity index (χ2v) is 2.25. The number of nitrogens with zero attached hydrogens (tertiary/aromatic N) is 1. The van der Waals surface area contributed by atoms with Crippen LogP contribution in [0.3, 0.4) is 0 Å². The van der Waals surface area contributed by atoms with Gasteiger partial charge in [0.2, 0.25) is 0 Å². The van der Waals surface area contributed by atoms with Crippen molar-refractivity contribution in [3.05, 3.63) is 35.7 Å². The molecule has 1 aromatic heterocycles. The van der Waals surface area contributed by atoms with Gasteiger partial charge in [-0.25, -0.2) is 9.78 Å². The molecule has 62 valence electrons. The summed E-state index contributed by atoms with van der Waals surface area (Å²) >= 11 is 0. The topological polar surface area (TPSA) is 50.2 Å². The van der Waals surface area contributed by atoms with Crippen LogP contribution in [0.25, 0.3) is 6.08 Å². The van der Waals surface area contributed by atoms with Crippen molar-refractivity contribution in [1.82, 2.24) is 4.98 Å². The lowest BCUT2D eigenvalue weighted by Gasteiger charge is -1.94. The van der Waals surface area contributed by atoms with Gasteiger partial charge in [-0.2, -0.15) is 0 Å². The Balaban J connectivity index is 3.03. The van der Waals surface area contributed by atoms with E-state index >= 15 is 0 Å². The molecule has 3 nitrogen and oxygen atoms in total. The minimum absolute atomic E-state index is 0.0746. The third-order valence-corrected chi connectivity index (χ3v) is 1.33. The fraction of sp³-hybridized carbons (Fsp3) is 0.111. The van der Waals surface area contributed by atoms with Gasteiger partial charge in [0.15, 0.2) is 0 Å². The van der Waals surface area contributed by atoms with E-state index in [0.717, 1.165) is 0 Å². The summed E-state index contributed by atoms with van der Waals surface area (Å²) in [6.45, 7) is 1.86. The summed E-state index contributed by atoms with van der Waals surface area (Å²) in [6, 6.07) is 4.90. The van der Waals surface area contributed by atoms with E-state index in [9.17, 15) is 4.79 Å². The van der Waals surface area contributed by atoms with Crippen molar-refractivity contribution in [3.8, 4) is 0 Å². The first kappa shape index (κ1) is 8.46. The van der Waals surface area contributed by atoms with Crippen molar-refractivity contribution in [2.45, 2.75) is 6.92 Å². The minimum atomic E-state index is -0.999. The Morgan fingerprint density at radius 1 is 1.58 bits per heavy atom. The number of hydrogen-bond acceptors (Lipinski definition) is 2. The average molecular weight is 163 g/mol. The van der Waals surface area contributed by atoms with Crippen LogP contribution in [0.4, 0.5) is 0 Å². The largest absolute Gasteiger partial charge is 0.477 e. The Hall–Kier alpha value is -1.64. The summed E-state index contributed by atoms with van der Waals surface area (Å²) in [6.07, 6.45) is 3.57. The smallest absolute Gasteiger partial charge is 0.354 e. The molecule has 3 heteroatoms. The van der Waals surface area contributed by atoms with Gasteiger partial charge in [0, 0.05) is 0 Å². The molecule has 0 aromatic carbocycles. The lowest BCUT2D eigenvalue weighted by atomic mass is 10.3. The van der Waals surface area contributed by atoms with Gasteiger partial charge in [-0.1, -0.05) is 12.1 Å². The average Bonchev–Trinajstić information content (AvgIpc) is 2.05. The summed E-state index contributed by atoms with van der Waals surface area (Å²) in [4.78, 5) is 14.3. The number of allylic oxidation sites excluding steroid dienone is 1. The van der Waals surface area contributed by atoms with Gasteiger partial charge >= 0.3 is 5.97 Å². The first-order valence-electron chi connectivity index (χ1n) is 3.57. The maximum absolute atomic E-state index is 10.5. The predicted octanol–water partition coefficient (Wildman–Crippen LogP) is 1.81. The standard InChI is InChI=1S/C9H9NO2/c1-2-4-7-5-3-6-8(10-7)9(11)12/h2-6H,1H3,(H,11,12). The van der Waals surface area contributed by atoms with Crippen LogP contribution in [0.2, 0.25) is 0 Å². The number of carboxylic acids is 1. The van der Waals surface area contributed by atoms with E-state index in [1.807, 2.05) is 13.0 Å². The molecule has 12 heavy (non-hydrogen) atoms. The summed E-state index contributed by atoms with van der Waals surface area (Å²) in [7, 11) is 0. The van der Waals surface area contributed by atoms with E-state index in [1.54, 1.807) is 18.2 Å². The number of carboxylic acid groups (broad SMARTS) is 1. The molecule has 0 amide bonds. The predicted molar refractivity (Wildman–Crippen MR) is 45.9 cm³/mol. The molecule has 1 N–H and O–H groups in total. The van der Waals surface area contributed by atoms with Crippen molar-refractivity contribution in [2.75, 3.05) is 0 Å². The lowest BCUT2D eigenvalue weighted by molar-refractivity contribution is 0.0690. The third kappa shape index (κ3) is 1.92. The van der Waals surface area contributed by atoms with Crippen molar-refractivity contribution in [1.29, 1.82) is 0 Å². The molecule has 0 aliphatic heterocycles. The van der Waals surface area contributed by atoms with Gasteiger partial charge in [0.25, 0.3) is 0 Å². The molecule has 0 saturated heterocycles. The van der Waals surface area contributed by atoms with Crippen LogP contribution in [0.5, 0.6) is 0 Å².